The molecule has 4 N–H and O–H groups in total. The van der Waals surface area contributed by atoms with Crippen LogP contribution in [0, 0.1) is 0 Å². The predicted octanol–water partition coefficient (Wildman–Crippen LogP) is 3.21. The van der Waals surface area contributed by atoms with E-state index in [1.807, 2.05) is 50.4 Å². The van der Waals surface area contributed by atoms with Gasteiger partial charge in [0.05, 0.1) is 5.52 Å². The number of benzene rings is 1. The van der Waals surface area contributed by atoms with Gasteiger partial charge in [-0.1, -0.05) is 32.0 Å². The first kappa shape index (κ1) is 16.7. The fourth-order valence-electron chi connectivity index (χ4n) is 2.48. The van der Waals surface area contributed by atoms with Gasteiger partial charge >= 0.3 is 5.97 Å². The second-order valence-electron chi connectivity index (χ2n) is 4.93. The Kier molecular flexibility index (Phi) is 5.49. The largest absolute Gasteiger partial charge is 0.480 e. The van der Waals surface area contributed by atoms with Gasteiger partial charge in [0.15, 0.2) is 0 Å². The van der Waals surface area contributed by atoms with Crippen LogP contribution in [0.15, 0.2) is 48.9 Å². The third-order valence-corrected chi connectivity index (χ3v) is 3.55. The number of H-pyrrole nitrogens is 1. The Balaban J connectivity index is 0.000000924. The summed E-state index contributed by atoms with van der Waals surface area (Å²) in [7, 11) is 0. The number of nitrogens with one attached hydrogen (secondary N) is 1. The number of carbonyl (C=O) groups is 1. The van der Waals surface area contributed by atoms with Crippen LogP contribution >= 0.6 is 0 Å². The highest BCUT2D eigenvalue weighted by Gasteiger charge is 2.16. The van der Waals surface area contributed by atoms with Gasteiger partial charge in [0.1, 0.15) is 6.04 Å². The van der Waals surface area contributed by atoms with Gasteiger partial charge in [-0.3, -0.25) is 9.78 Å². The van der Waals surface area contributed by atoms with Gasteiger partial charge in [0, 0.05) is 36.0 Å². The van der Waals surface area contributed by atoms with Crippen LogP contribution < -0.4 is 5.73 Å². The maximum absolute atomic E-state index is 10.9. The molecule has 23 heavy (non-hydrogen) atoms. The first-order chi connectivity index (χ1) is 11.2. The molecule has 3 rings (SSSR count). The van der Waals surface area contributed by atoms with Crippen LogP contribution in [0.25, 0.3) is 22.0 Å². The fraction of sp³-hybridized carbons (Fsp3) is 0.222. The Labute approximate surface area is 135 Å². The highest BCUT2D eigenvalue weighted by molar-refractivity contribution is 5.96. The Morgan fingerprint density at radius 3 is 2.61 bits per heavy atom. The number of rotatable bonds is 4. The molecule has 0 saturated heterocycles. The van der Waals surface area contributed by atoms with E-state index in [1.54, 1.807) is 12.4 Å². The van der Waals surface area contributed by atoms with Crippen LogP contribution in [0.1, 0.15) is 19.4 Å². The molecule has 2 aromatic heterocycles. The van der Waals surface area contributed by atoms with Gasteiger partial charge in [0.25, 0.3) is 0 Å². The molecule has 1 atom stereocenters. The van der Waals surface area contributed by atoms with E-state index in [4.69, 9.17) is 10.8 Å². The van der Waals surface area contributed by atoms with E-state index in [2.05, 4.69) is 9.97 Å². The van der Waals surface area contributed by atoms with Crippen LogP contribution in [0.4, 0.5) is 0 Å². The molecule has 0 aliphatic heterocycles. The van der Waals surface area contributed by atoms with E-state index in [0.717, 1.165) is 27.6 Å². The number of hydrogen-bond acceptors (Lipinski definition) is 3. The second kappa shape index (κ2) is 7.56. The molecule has 2 heterocycles. The highest BCUT2D eigenvalue weighted by Crippen LogP contribution is 2.29. The number of carboxylic acids is 1. The number of para-hydroxylation sites is 1. The normalized spacial score (nSPS) is 11.6. The predicted molar refractivity (Wildman–Crippen MR) is 92.2 cm³/mol. The van der Waals surface area contributed by atoms with E-state index in [0.29, 0.717) is 6.42 Å². The van der Waals surface area contributed by atoms with Gasteiger partial charge in [-0.25, -0.2) is 0 Å². The average molecular weight is 311 g/mol. The number of nitrogens with two attached hydrogens (primary N) is 1. The minimum absolute atomic E-state index is 0.301. The van der Waals surface area contributed by atoms with Gasteiger partial charge in [-0.05, 0) is 23.3 Å². The second-order valence-corrected chi connectivity index (χ2v) is 4.93. The number of carboxylic acid groups (broad SMARTS) is 1. The van der Waals surface area contributed by atoms with Crippen molar-refractivity contribution in [1.82, 2.24) is 9.97 Å². The minimum Gasteiger partial charge on any atom is -0.480 e. The highest BCUT2D eigenvalue weighted by atomic mass is 16.4. The molecule has 0 aliphatic carbocycles. The lowest BCUT2D eigenvalue weighted by molar-refractivity contribution is -0.138. The zero-order valence-electron chi connectivity index (χ0n) is 13.3. The smallest absolute Gasteiger partial charge is 0.320 e. The molecule has 0 fully saturated rings. The number of nitrogens with zero attached hydrogens (tertiary/aromatic N) is 1. The Hall–Kier alpha value is -2.66. The van der Waals surface area contributed by atoms with E-state index < -0.39 is 12.0 Å². The van der Waals surface area contributed by atoms with Crippen molar-refractivity contribution in [1.29, 1.82) is 0 Å². The first-order valence-electron chi connectivity index (χ1n) is 7.64. The van der Waals surface area contributed by atoms with Crippen molar-refractivity contribution >= 4 is 16.9 Å². The molecule has 5 nitrogen and oxygen atoms in total. The van der Waals surface area contributed by atoms with Crippen molar-refractivity contribution in [2.75, 3.05) is 0 Å². The zero-order chi connectivity index (χ0) is 16.8. The van der Waals surface area contributed by atoms with Crippen molar-refractivity contribution in [3.8, 4) is 11.1 Å². The lowest BCUT2D eigenvalue weighted by atomic mass is 10.0. The summed E-state index contributed by atoms with van der Waals surface area (Å²) in [5.41, 5.74) is 9.64. The lowest BCUT2D eigenvalue weighted by Gasteiger charge is -2.06. The molecule has 1 unspecified atom stereocenters. The Morgan fingerprint density at radius 1 is 1.26 bits per heavy atom. The van der Waals surface area contributed by atoms with E-state index in [1.165, 1.54) is 0 Å². The summed E-state index contributed by atoms with van der Waals surface area (Å²) in [6.07, 6.45) is 5.63. The summed E-state index contributed by atoms with van der Waals surface area (Å²) in [4.78, 5) is 18.2. The number of hydrogen-bond donors (Lipinski definition) is 3. The van der Waals surface area contributed by atoms with E-state index >= 15 is 0 Å². The molecule has 0 aliphatic rings. The van der Waals surface area contributed by atoms with E-state index in [9.17, 15) is 4.79 Å². The van der Waals surface area contributed by atoms with Crippen LogP contribution in [0.2, 0.25) is 0 Å². The molecule has 0 saturated carbocycles. The number of aromatic amines is 1. The van der Waals surface area contributed by atoms with E-state index in [-0.39, 0.29) is 0 Å². The summed E-state index contributed by atoms with van der Waals surface area (Å²) in [6, 6.07) is 8.95. The summed E-state index contributed by atoms with van der Waals surface area (Å²) in [5.74, 6) is -0.991. The van der Waals surface area contributed by atoms with Crippen molar-refractivity contribution in [2.45, 2.75) is 26.3 Å². The summed E-state index contributed by atoms with van der Waals surface area (Å²) in [6.45, 7) is 4.00. The summed E-state index contributed by atoms with van der Waals surface area (Å²) < 4.78 is 0. The monoisotopic (exact) mass is 311 g/mol. The van der Waals surface area contributed by atoms with Crippen molar-refractivity contribution in [3.63, 3.8) is 0 Å². The standard InChI is InChI=1S/C16H15N3O2.C2H6/c17-14(16(20)21)8-11-9-19-15-12(2-1-3-13(11)15)10-4-6-18-7-5-10;1-2/h1-7,9,14,19H,8,17H2,(H,20,21);1-2H3. The summed E-state index contributed by atoms with van der Waals surface area (Å²) >= 11 is 0. The topological polar surface area (TPSA) is 92.0 Å². The van der Waals surface area contributed by atoms with Crippen LogP contribution in [-0.4, -0.2) is 27.1 Å². The van der Waals surface area contributed by atoms with Gasteiger partial charge in [-0.15, -0.1) is 0 Å². The lowest BCUT2D eigenvalue weighted by Crippen LogP contribution is -2.32. The molecule has 0 amide bonds. The summed E-state index contributed by atoms with van der Waals surface area (Å²) in [5, 5.41) is 9.94. The molecule has 120 valence electrons. The molecular formula is C18H21N3O2. The van der Waals surface area contributed by atoms with Crippen LogP contribution in [-0.2, 0) is 11.2 Å². The molecule has 1 aromatic carbocycles. The number of aromatic nitrogens is 2. The number of pyridine rings is 1. The van der Waals surface area contributed by atoms with Gasteiger partial charge < -0.3 is 15.8 Å². The zero-order valence-corrected chi connectivity index (χ0v) is 13.3. The van der Waals surface area contributed by atoms with Gasteiger partial charge in [-0.2, -0.15) is 0 Å². The van der Waals surface area contributed by atoms with Gasteiger partial charge in [0.2, 0.25) is 0 Å². The molecule has 0 radical (unpaired) electrons. The molecule has 0 spiro atoms. The van der Waals surface area contributed by atoms with Crippen molar-refractivity contribution in [3.05, 3.63) is 54.5 Å². The first-order valence-corrected chi connectivity index (χ1v) is 7.64. The fourth-order valence-corrected chi connectivity index (χ4v) is 2.48. The van der Waals surface area contributed by atoms with Crippen LogP contribution in [0.3, 0.4) is 0 Å². The third kappa shape index (κ3) is 3.57. The maximum Gasteiger partial charge on any atom is 0.320 e. The Morgan fingerprint density at radius 2 is 1.96 bits per heavy atom. The SMILES string of the molecule is CC.NC(Cc1c[nH]c2c(-c3ccncc3)cccc12)C(=O)O. The maximum atomic E-state index is 10.9. The molecule has 5 heteroatoms. The minimum atomic E-state index is -0.991. The molecule has 0 bridgehead atoms. The number of fused-ring (bicyclic) bond motifs is 1. The quantitative estimate of drug-likeness (QED) is 0.690. The molecular weight excluding hydrogens is 290 g/mol. The third-order valence-electron chi connectivity index (χ3n) is 3.55. The average Bonchev–Trinajstić information content (AvgIpc) is 3.00. The van der Waals surface area contributed by atoms with Crippen LogP contribution in [0.5, 0.6) is 0 Å². The van der Waals surface area contributed by atoms with Crippen molar-refractivity contribution < 1.29 is 9.90 Å². The van der Waals surface area contributed by atoms with Crippen molar-refractivity contribution in [2.24, 2.45) is 5.73 Å². The number of aliphatic carboxylic acids is 1. The Bertz CT molecular complexity index is 781. The molecule has 3 aromatic rings.